The maximum absolute atomic E-state index is 13.3. The Balaban J connectivity index is 6.95. The molecule has 0 aromatic rings. The zero-order valence-electron chi connectivity index (χ0n) is 14.2. The van der Waals surface area contributed by atoms with E-state index in [1.165, 1.54) is 0 Å². The Hall–Kier alpha value is -1.59. The fourth-order valence-electron chi connectivity index (χ4n) is 1.68. The summed E-state index contributed by atoms with van der Waals surface area (Å²) in [5, 5.41) is 0. The van der Waals surface area contributed by atoms with Crippen molar-refractivity contribution in [2.75, 3.05) is 0 Å². The fraction of sp³-hybridized carbons (Fsp3) is 0.917. The minimum atomic E-state index is -8.81. The first-order valence-electron chi connectivity index (χ1n) is 6.86. The van der Waals surface area contributed by atoms with Gasteiger partial charge >= 0.3 is 53.3 Å². The van der Waals surface area contributed by atoms with E-state index in [4.69, 9.17) is 0 Å². The Morgan fingerprint density at radius 2 is 0.613 bits per heavy atom. The number of hydrogen-bond donors (Lipinski definition) is 0. The van der Waals surface area contributed by atoms with E-state index in [1.807, 2.05) is 0 Å². The fourth-order valence-corrected chi connectivity index (χ4v) is 1.68. The van der Waals surface area contributed by atoms with Crippen LogP contribution in [0, 0.1) is 0 Å². The van der Waals surface area contributed by atoms with E-state index in [9.17, 15) is 83.8 Å². The molecule has 0 aliphatic rings. The summed E-state index contributed by atoms with van der Waals surface area (Å²) >= 11 is 0. The lowest BCUT2D eigenvalue weighted by molar-refractivity contribution is -0.459. The molecule has 0 saturated carbocycles. The summed E-state index contributed by atoms with van der Waals surface area (Å²) in [7, 11) is 0. The standard InChI is InChI=1S/C12H6F18O/c1-3(31)5(15,16)7(19,20)9(23,24)11(27,28)12(29,30)10(25,26)8(21,22)6(17,18)4(2,13)14/h1-2H3. The number of alkyl halides is 18. The molecule has 0 amide bonds. The monoisotopic (exact) mass is 508 g/mol. The third-order valence-electron chi connectivity index (χ3n) is 3.75. The number of ketones is 1. The predicted octanol–water partition coefficient (Wildman–Crippen LogP) is 6.31. The molecular formula is C12H6F18O. The lowest BCUT2D eigenvalue weighted by atomic mass is 9.86. The second-order valence-corrected chi connectivity index (χ2v) is 6.04. The van der Waals surface area contributed by atoms with E-state index in [1.54, 1.807) is 0 Å². The maximum atomic E-state index is 13.3. The van der Waals surface area contributed by atoms with Crippen molar-refractivity contribution in [3.8, 4) is 0 Å². The zero-order chi connectivity index (χ0) is 26.1. The first kappa shape index (κ1) is 29.4. The summed E-state index contributed by atoms with van der Waals surface area (Å²) in [6.45, 7) is -2.00. The molecule has 0 radical (unpaired) electrons. The molecule has 0 unspecified atom stereocenters. The average Bonchev–Trinajstić information content (AvgIpc) is 2.52. The molecule has 0 atom stereocenters. The predicted molar refractivity (Wildman–Crippen MR) is 60.9 cm³/mol. The summed E-state index contributed by atoms with van der Waals surface area (Å²) in [5.41, 5.74) is 0. The average molecular weight is 508 g/mol. The van der Waals surface area contributed by atoms with Crippen LogP contribution in [0.4, 0.5) is 79.0 Å². The number of hydrogen-bond acceptors (Lipinski definition) is 1. The van der Waals surface area contributed by atoms with Crippen LogP contribution in [0.15, 0.2) is 0 Å². The van der Waals surface area contributed by atoms with Gasteiger partial charge in [0, 0.05) is 13.8 Å². The Labute approximate surface area is 158 Å². The van der Waals surface area contributed by atoms with Crippen LogP contribution in [0.3, 0.4) is 0 Å². The number of halogens is 18. The number of carbonyl (C=O) groups is 1. The topological polar surface area (TPSA) is 17.1 Å². The second-order valence-electron chi connectivity index (χ2n) is 6.04. The largest absolute Gasteiger partial charge is 0.385 e. The molecule has 19 heteroatoms. The normalized spacial score (nSPS) is 16.5. The Kier molecular flexibility index (Phi) is 6.60. The third kappa shape index (κ3) is 3.39. The molecule has 31 heavy (non-hydrogen) atoms. The van der Waals surface area contributed by atoms with Crippen molar-refractivity contribution in [3.05, 3.63) is 0 Å². The van der Waals surface area contributed by atoms with Crippen LogP contribution in [0.25, 0.3) is 0 Å². The summed E-state index contributed by atoms with van der Waals surface area (Å²) < 4.78 is 235. The van der Waals surface area contributed by atoms with Gasteiger partial charge in [0.15, 0.2) is 0 Å². The van der Waals surface area contributed by atoms with Gasteiger partial charge in [-0.15, -0.1) is 0 Å². The molecule has 1 nitrogen and oxygen atoms in total. The van der Waals surface area contributed by atoms with Crippen LogP contribution in [0.2, 0.25) is 0 Å². The summed E-state index contributed by atoms with van der Waals surface area (Å²) in [6, 6.07) is 0. The van der Waals surface area contributed by atoms with Gasteiger partial charge in [0.1, 0.15) is 0 Å². The van der Waals surface area contributed by atoms with Gasteiger partial charge in [0.25, 0.3) is 0 Å². The second kappa shape index (κ2) is 6.95. The van der Waals surface area contributed by atoms with Gasteiger partial charge in [0.05, 0.1) is 0 Å². The lowest BCUT2D eigenvalue weighted by Gasteiger charge is -2.44. The van der Waals surface area contributed by atoms with Crippen LogP contribution >= 0.6 is 0 Å². The molecule has 0 rings (SSSR count). The van der Waals surface area contributed by atoms with Crippen LogP contribution in [-0.4, -0.2) is 59.1 Å². The van der Waals surface area contributed by atoms with Crippen LogP contribution in [0.5, 0.6) is 0 Å². The summed E-state index contributed by atoms with van der Waals surface area (Å²) in [6.07, 6.45) is 0. The quantitative estimate of drug-likeness (QED) is 0.334. The van der Waals surface area contributed by atoms with E-state index < -0.39 is 72.9 Å². The molecule has 0 aliphatic carbocycles. The molecule has 0 N–H and O–H groups in total. The van der Waals surface area contributed by atoms with Gasteiger partial charge < -0.3 is 0 Å². The first-order chi connectivity index (χ1) is 12.9. The number of rotatable bonds is 9. The van der Waals surface area contributed by atoms with E-state index in [0.29, 0.717) is 0 Å². The van der Waals surface area contributed by atoms with Gasteiger partial charge in [-0.2, -0.15) is 79.0 Å². The minimum Gasteiger partial charge on any atom is -0.293 e. The van der Waals surface area contributed by atoms with Gasteiger partial charge in [-0.25, -0.2) is 0 Å². The SMILES string of the molecule is CC(=O)C(F)(F)C(F)(F)C(F)(F)C(F)(F)C(F)(F)C(F)(F)C(F)(F)C(F)(F)C(C)(F)F. The Morgan fingerprint density at radius 3 is 0.806 bits per heavy atom. The van der Waals surface area contributed by atoms with Crippen molar-refractivity contribution >= 4 is 5.78 Å². The molecule has 0 bridgehead atoms. The summed E-state index contributed by atoms with van der Waals surface area (Å²) in [5.74, 6) is -75.6. The molecule has 0 aliphatic heterocycles. The maximum Gasteiger partial charge on any atom is 0.385 e. The van der Waals surface area contributed by atoms with E-state index in [0.717, 1.165) is 0 Å². The van der Waals surface area contributed by atoms with Crippen molar-refractivity contribution in [1.29, 1.82) is 0 Å². The molecule has 0 heterocycles. The minimum absolute atomic E-state index is 0.688. The first-order valence-corrected chi connectivity index (χ1v) is 6.86. The number of Topliss-reactive ketones (excluding diaryl/α,β-unsaturated/α-hetero) is 1. The Morgan fingerprint density at radius 1 is 0.419 bits per heavy atom. The highest BCUT2D eigenvalue weighted by atomic mass is 19.4. The number of carbonyl (C=O) groups excluding carboxylic acids is 1. The van der Waals surface area contributed by atoms with Gasteiger partial charge in [-0.3, -0.25) is 4.79 Å². The highest BCUT2D eigenvalue weighted by Gasteiger charge is 2.96. The smallest absolute Gasteiger partial charge is 0.293 e. The van der Waals surface area contributed by atoms with Crippen LogP contribution < -0.4 is 0 Å². The van der Waals surface area contributed by atoms with Gasteiger partial charge in [0.2, 0.25) is 5.78 Å². The molecule has 0 spiro atoms. The van der Waals surface area contributed by atoms with Crippen LogP contribution in [-0.2, 0) is 4.79 Å². The molecule has 0 aromatic carbocycles. The van der Waals surface area contributed by atoms with Crippen LogP contribution in [0.1, 0.15) is 13.8 Å². The van der Waals surface area contributed by atoms with Crippen molar-refractivity contribution in [1.82, 2.24) is 0 Å². The Bertz CT molecular complexity index is 699. The molecule has 0 aromatic heterocycles. The molecular weight excluding hydrogens is 502 g/mol. The highest BCUT2D eigenvalue weighted by Crippen LogP contribution is 2.65. The molecule has 186 valence electrons. The highest BCUT2D eigenvalue weighted by molar-refractivity contribution is 5.84. The van der Waals surface area contributed by atoms with E-state index in [2.05, 4.69) is 0 Å². The van der Waals surface area contributed by atoms with Gasteiger partial charge in [-0.1, -0.05) is 0 Å². The van der Waals surface area contributed by atoms with Crippen molar-refractivity contribution in [2.45, 2.75) is 67.2 Å². The summed E-state index contributed by atoms with van der Waals surface area (Å²) in [4.78, 5) is 10.3. The van der Waals surface area contributed by atoms with Gasteiger partial charge in [-0.05, 0) is 0 Å². The van der Waals surface area contributed by atoms with E-state index >= 15 is 0 Å². The van der Waals surface area contributed by atoms with Crippen molar-refractivity contribution < 1.29 is 83.8 Å². The van der Waals surface area contributed by atoms with Crippen molar-refractivity contribution in [2.24, 2.45) is 0 Å². The molecule has 0 fully saturated rings. The zero-order valence-corrected chi connectivity index (χ0v) is 14.2. The molecule has 0 saturated heterocycles. The lowest BCUT2D eigenvalue weighted by Crippen LogP contribution is -2.76. The van der Waals surface area contributed by atoms with E-state index in [-0.39, 0.29) is 0 Å². The van der Waals surface area contributed by atoms with Crippen molar-refractivity contribution in [3.63, 3.8) is 0 Å². The third-order valence-corrected chi connectivity index (χ3v) is 3.75.